The number of ketones is 1. The quantitative estimate of drug-likeness (QED) is 0.477. The van der Waals surface area contributed by atoms with Gasteiger partial charge in [0.1, 0.15) is 0 Å². The van der Waals surface area contributed by atoms with Crippen LogP contribution in [0.1, 0.15) is 21.5 Å². The van der Waals surface area contributed by atoms with Gasteiger partial charge in [-0.3, -0.25) is 14.4 Å². The number of Topliss-reactive ketones (excluding diaryl/α,β-unsaturated/α-hetero) is 1. The summed E-state index contributed by atoms with van der Waals surface area (Å²) in [5.41, 5.74) is 4.15. The normalized spacial score (nSPS) is 14.0. The van der Waals surface area contributed by atoms with E-state index < -0.39 is 0 Å². The maximum absolute atomic E-state index is 11.4. The van der Waals surface area contributed by atoms with Crippen LogP contribution in [-0.2, 0) is 22.4 Å². The first kappa shape index (κ1) is 19.1. The Kier molecular flexibility index (Phi) is 5.79. The molecule has 26 heavy (non-hydrogen) atoms. The summed E-state index contributed by atoms with van der Waals surface area (Å²) in [5.74, 6) is -0.171. The lowest BCUT2D eigenvalue weighted by molar-refractivity contribution is -0.115. The first-order chi connectivity index (χ1) is 12.4. The predicted octanol–water partition coefficient (Wildman–Crippen LogP) is 4.31. The van der Waals surface area contributed by atoms with Crippen molar-refractivity contribution < 1.29 is 14.4 Å². The van der Waals surface area contributed by atoms with Crippen LogP contribution in [0.2, 0.25) is 0 Å². The van der Waals surface area contributed by atoms with Crippen molar-refractivity contribution in [2.24, 2.45) is 0 Å². The second kappa shape index (κ2) is 7.90. The van der Waals surface area contributed by atoms with Crippen LogP contribution in [0.25, 0.3) is 0 Å². The van der Waals surface area contributed by atoms with E-state index in [0.29, 0.717) is 22.9 Å². The Morgan fingerprint density at radius 1 is 0.962 bits per heavy atom. The van der Waals surface area contributed by atoms with Crippen LogP contribution in [0.3, 0.4) is 0 Å². The topological polar surface area (TPSA) is 75.3 Å². The molecule has 0 spiro atoms. The van der Waals surface area contributed by atoms with Gasteiger partial charge in [-0.2, -0.15) is 0 Å². The third kappa shape index (κ3) is 4.16. The highest BCUT2D eigenvalue weighted by molar-refractivity contribution is 9.10. The second-order valence-electron chi connectivity index (χ2n) is 5.80. The highest BCUT2D eigenvalue weighted by Gasteiger charge is 2.21. The minimum Gasteiger partial charge on any atom is -0.325 e. The molecule has 0 fully saturated rings. The molecule has 8 heteroatoms. The third-order valence-corrected chi connectivity index (χ3v) is 5.33. The van der Waals surface area contributed by atoms with Crippen molar-refractivity contribution in [1.29, 1.82) is 0 Å². The maximum atomic E-state index is 11.4. The molecule has 0 saturated heterocycles. The van der Waals surface area contributed by atoms with Gasteiger partial charge in [0.2, 0.25) is 11.8 Å². The summed E-state index contributed by atoms with van der Waals surface area (Å²) in [6.07, 6.45) is 0.841. The molecule has 4 rings (SSSR count). The Labute approximate surface area is 171 Å². The monoisotopic (exact) mass is 498 g/mol. The molecule has 2 N–H and O–H groups in total. The van der Waals surface area contributed by atoms with Gasteiger partial charge in [0.15, 0.2) is 5.78 Å². The molecule has 0 bridgehead atoms. The van der Waals surface area contributed by atoms with E-state index in [2.05, 4.69) is 42.5 Å². The average Bonchev–Trinajstić information content (AvgIpc) is 3.13. The van der Waals surface area contributed by atoms with Gasteiger partial charge in [-0.15, -0.1) is 11.6 Å². The molecule has 2 aliphatic heterocycles. The largest absolute Gasteiger partial charge is 0.325 e. The maximum Gasteiger partial charge on any atom is 0.228 e. The molecule has 0 atom stereocenters. The molecule has 2 aromatic carbocycles. The highest BCUT2D eigenvalue weighted by atomic mass is 79.9. The van der Waals surface area contributed by atoms with Crippen molar-refractivity contribution in [2.45, 2.75) is 12.8 Å². The molecular weight excluding hydrogens is 487 g/mol. The Balaban J connectivity index is 0.000000158. The predicted molar refractivity (Wildman–Crippen MR) is 108 cm³/mol. The van der Waals surface area contributed by atoms with E-state index in [0.717, 1.165) is 27.0 Å². The number of alkyl halides is 1. The lowest BCUT2D eigenvalue weighted by Gasteiger charge is -2.04. The number of rotatable bonds is 2. The summed E-state index contributed by atoms with van der Waals surface area (Å²) in [5, 5.41) is 5.48. The molecule has 5 nitrogen and oxygen atoms in total. The van der Waals surface area contributed by atoms with Gasteiger partial charge in [0, 0.05) is 25.9 Å². The Hall–Kier alpha value is -1.70. The standard InChI is InChI=1S/C10H7BrClNO2.C8H6BrNO/c11-7-3-8-5(2-10(15)13-8)1-6(7)9(14)4-12;9-6-2-1-5-3-8(11)10-7(5)4-6/h1,3H,2,4H2,(H,13,15);1-2,4H,3H2,(H,10,11). The van der Waals surface area contributed by atoms with E-state index in [1.54, 1.807) is 12.1 Å². The van der Waals surface area contributed by atoms with E-state index >= 15 is 0 Å². The van der Waals surface area contributed by atoms with Gasteiger partial charge in [-0.25, -0.2) is 0 Å². The summed E-state index contributed by atoms with van der Waals surface area (Å²) in [4.78, 5) is 33.5. The van der Waals surface area contributed by atoms with E-state index in [-0.39, 0.29) is 23.5 Å². The van der Waals surface area contributed by atoms with Crippen molar-refractivity contribution >= 4 is 72.4 Å². The molecule has 2 aromatic rings. The third-order valence-electron chi connectivity index (χ3n) is 3.94. The number of nitrogens with one attached hydrogen (secondary N) is 2. The Morgan fingerprint density at radius 3 is 2.23 bits per heavy atom. The van der Waals surface area contributed by atoms with Crippen molar-refractivity contribution in [3.8, 4) is 0 Å². The lowest BCUT2D eigenvalue weighted by atomic mass is 10.1. The second-order valence-corrected chi connectivity index (χ2v) is 7.83. The van der Waals surface area contributed by atoms with Crippen LogP contribution in [0.4, 0.5) is 11.4 Å². The van der Waals surface area contributed by atoms with Gasteiger partial charge in [0.05, 0.1) is 18.7 Å². The molecule has 0 saturated carbocycles. The highest BCUT2D eigenvalue weighted by Crippen LogP contribution is 2.30. The van der Waals surface area contributed by atoms with Crippen molar-refractivity contribution in [1.82, 2.24) is 0 Å². The van der Waals surface area contributed by atoms with Gasteiger partial charge < -0.3 is 10.6 Å². The molecule has 0 radical (unpaired) electrons. The van der Waals surface area contributed by atoms with Crippen molar-refractivity contribution in [3.05, 3.63) is 56.0 Å². The van der Waals surface area contributed by atoms with Crippen LogP contribution < -0.4 is 10.6 Å². The van der Waals surface area contributed by atoms with Crippen molar-refractivity contribution in [2.75, 3.05) is 16.5 Å². The van der Waals surface area contributed by atoms with Gasteiger partial charge in [0.25, 0.3) is 0 Å². The molecule has 2 amide bonds. The zero-order valence-electron chi connectivity index (χ0n) is 13.4. The van der Waals surface area contributed by atoms with Crippen molar-refractivity contribution in [3.63, 3.8) is 0 Å². The Bertz CT molecular complexity index is 931. The fourth-order valence-corrected chi connectivity index (χ4v) is 3.79. The summed E-state index contributed by atoms with van der Waals surface area (Å²) < 4.78 is 1.66. The number of carbonyl (C=O) groups is 3. The van der Waals surface area contributed by atoms with Crippen LogP contribution >= 0.6 is 43.5 Å². The van der Waals surface area contributed by atoms with Gasteiger partial charge in [-0.05, 0) is 51.3 Å². The number of carbonyl (C=O) groups excluding carboxylic acids is 3. The zero-order chi connectivity index (χ0) is 18.8. The number of amides is 2. The first-order valence-corrected chi connectivity index (χ1v) is 9.79. The lowest BCUT2D eigenvalue weighted by Crippen LogP contribution is -2.03. The number of hydrogen-bond acceptors (Lipinski definition) is 3. The molecule has 0 unspecified atom stereocenters. The van der Waals surface area contributed by atoms with Crippen LogP contribution in [-0.4, -0.2) is 23.5 Å². The molecular formula is C18H13Br2ClN2O3. The minimum atomic E-state index is -0.148. The van der Waals surface area contributed by atoms with E-state index in [1.807, 2.05) is 18.2 Å². The average molecular weight is 501 g/mol. The summed E-state index contributed by atoms with van der Waals surface area (Å²) in [6, 6.07) is 9.26. The van der Waals surface area contributed by atoms with Gasteiger partial charge in [-0.1, -0.05) is 22.0 Å². The number of halogens is 3. The smallest absolute Gasteiger partial charge is 0.228 e. The van der Waals surface area contributed by atoms with Crippen LogP contribution in [0.15, 0.2) is 39.3 Å². The number of benzene rings is 2. The van der Waals surface area contributed by atoms with E-state index in [4.69, 9.17) is 11.6 Å². The molecule has 2 heterocycles. The van der Waals surface area contributed by atoms with Crippen LogP contribution in [0.5, 0.6) is 0 Å². The molecule has 134 valence electrons. The van der Waals surface area contributed by atoms with Crippen LogP contribution in [0, 0.1) is 0 Å². The van der Waals surface area contributed by atoms with E-state index in [9.17, 15) is 14.4 Å². The molecule has 0 aliphatic carbocycles. The summed E-state index contributed by atoms with van der Waals surface area (Å²) in [6.45, 7) is 0. The Morgan fingerprint density at radius 2 is 1.58 bits per heavy atom. The minimum absolute atomic E-state index is 0.0487. The fraction of sp³-hybridized carbons (Fsp3) is 0.167. The first-order valence-electron chi connectivity index (χ1n) is 7.67. The molecule has 0 aromatic heterocycles. The number of hydrogen-bond donors (Lipinski definition) is 2. The van der Waals surface area contributed by atoms with Gasteiger partial charge >= 0.3 is 0 Å². The SMILES string of the molecule is O=C1Cc2cc(C(=O)CCl)c(Br)cc2N1.O=C1Cc2ccc(Br)cc2N1. The fourth-order valence-electron chi connectivity index (χ4n) is 2.72. The summed E-state index contributed by atoms with van der Waals surface area (Å²) in [7, 11) is 0. The molecule has 2 aliphatic rings. The summed E-state index contributed by atoms with van der Waals surface area (Å²) >= 11 is 12.1. The number of fused-ring (bicyclic) bond motifs is 2. The number of anilines is 2. The van der Waals surface area contributed by atoms with E-state index in [1.165, 1.54) is 0 Å². The zero-order valence-corrected chi connectivity index (χ0v) is 17.3.